The molecule has 2 saturated carbocycles. The van der Waals surface area contributed by atoms with Crippen LogP contribution in [0.5, 0.6) is 11.6 Å². The quantitative estimate of drug-likeness (QED) is 0.147. The van der Waals surface area contributed by atoms with Crippen molar-refractivity contribution in [2.75, 3.05) is 19.0 Å². The number of likely N-dealkylation sites (tertiary alicyclic amines) is 1. The van der Waals surface area contributed by atoms with Crippen LogP contribution >= 0.6 is 11.6 Å². The van der Waals surface area contributed by atoms with E-state index >= 15 is 0 Å². The van der Waals surface area contributed by atoms with Crippen molar-refractivity contribution in [2.24, 2.45) is 11.3 Å². The van der Waals surface area contributed by atoms with Crippen molar-refractivity contribution in [3.05, 3.63) is 71.9 Å². The fraction of sp³-hybridized carbons (Fsp3) is 0.475. The smallest absolute Gasteiger partial charge is 0.338 e. The summed E-state index contributed by atoms with van der Waals surface area (Å²) in [5, 5.41) is 6.79. The molecule has 2 aliphatic carbocycles. The number of amides is 3. The van der Waals surface area contributed by atoms with Crippen LogP contribution in [-0.4, -0.2) is 90.7 Å². The summed E-state index contributed by atoms with van der Waals surface area (Å²) in [4.78, 5) is 61.2. The number of benzene rings is 2. The summed E-state index contributed by atoms with van der Waals surface area (Å²) in [5.74, 6) is -2.40. The van der Waals surface area contributed by atoms with E-state index in [0.717, 1.165) is 0 Å². The third-order valence-corrected chi connectivity index (χ3v) is 12.4. The van der Waals surface area contributed by atoms with Crippen molar-refractivity contribution in [3.63, 3.8) is 0 Å². The predicted molar refractivity (Wildman–Crippen MR) is 211 cm³/mol. The van der Waals surface area contributed by atoms with Crippen LogP contribution in [0.2, 0.25) is 5.02 Å². The van der Waals surface area contributed by atoms with Gasteiger partial charge in [0.2, 0.25) is 27.7 Å². The second-order valence-electron chi connectivity index (χ2n) is 15.9. The molecule has 0 spiro atoms. The number of carbonyl (C=O) groups excluding carboxylic acids is 4. The number of methoxy groups -OCH3 is 1. The Morgan fingerprint density at radius 3 is 2.45 bits per heavy atom. The number of carbonyl (C=O) groups is 4. The zero-order valence-electron chi connectivity index (χ0n) is 32.3. The molecule has 300 valence electrons. The van der Waals surface area contributed by atoms with Gasteiger partial charge >= 0.3 is 5.97 Å². The molecular formula is C40H48ClN5O9S. The Balaban J connectivity index is 1.30. The molecule has 0 bridgehead atoms. The molecule has 3 aromatic rings. The summed E-state index contributed by atoms with van der Waals surface area (Å²) >= 11 is 6.36. The van der Waals surface area contributed by atoms with Crippen LogP contribution in [0.4, 0.5) is 5.69 Å². The molecule has 3 fully saturated rings. The molecule has 0 radical (unpaired) electrons. The van der Waals surface area contributed by atoms with Crippen molar-refractivity contribution in [2.45, 2.75) is 95.4 Å². The van der Waals surface area contributed by atoms with Crippen LogP contribution < -0.4 is 24.8 Å². The molecule has 3 N–H and O–H groups in total. The highest BCUT2D eigenvalue weighted by Crippen LogP contribution is 2.53. The number of rotatable bonds is 14. The third-order valence-electron chi connectivity index (χ3n) is 10.3. The summed E-state index contributed by atoms with van der Waals surface area (Å²) in [5.41, 5.74) is -1.43. The first-order valence-electron chi connectivity index (χ1n) is 18.5. The van der Waals surface area contributed by atoms with Gasteiger partial charge in [-0.2, -0.15) is 0 Å². The number of esters is 1. The molecule has 3 amide bonds. The molecule has 16 heteroatoms. The SMILES string of the molecule is C=C[C@@H]1C[C@@]1(C(=O)NS(=O)(=O)C1CC1)N1C[C@H](Oc2ncc(OC)c3ccc(Cl)cc23)C[C@H]1C(=O)NC(=O)[C@@H](Nc1cccc(C(=O)OC(C)C)c1)C(C)(C)C. The Kier molecular flexibility index (Phi) is 11.4. The van der Waals surface area contributed by atoms with E-state index in [2.05, 4.69) is 26.9 Å². The lowest BCUT2D eigenvalue weighted by Gasteiger charge is -2.34. The zero-order chi connectivity index (χ0) is 40.7. The number of aromatic nitrogens is 1. The van der Waals surface area contributed by atoms with Crippen LogP contribution in [0.25, 0.3) is 10.8 Å². The van der Waals surface area contributed by atoms with Gasteiger partial charge in [-0.3, -0.25) is 29.3 Å². The van der Waals surface area contributed by atoms with E-state index in [-0.39, 0.29) is 36.9 Å². The van der Waals surface area contributed by atoms with Gasteiger partial charge in [0.25, 0.3) is 5.91 Å². The van der Waals surface area contributed by atoms with Gasteiger partial charge in [-0.15, -0.1) is 6.58 Å². The largest absolute Gasteiger partial charge is 0.494 e. The number of pyridine rings is 1. The lowest BCUT2D eigenvalue weighted by atomic mass is 9.85. The number of halogens is 1. The number of fused-ring (bicyclic) bond motifs is 1. The molecule has 1 aromatic heterocycles. The molecule has 1 saturated heterocycles. The molecule has 0 unspecified atom stereocenters. The van der Waals surface area contributed by atoms with Gasteiger partial charge in [-0.1, -0.05) is 44.5 Å². The summed E-state index contributed by atoms with van der Waals surface area (Å²) in [6.45, 7) is 12.9. The monoisotopic (exact) mass is 809 g/mol. The number of hydrogen-bond donors (Lipinski definition) is 3. The minimum atomic E-state index is -3.93. The lowest BCUT2D eigenvalue weighted by molar-refractivity contribution is -0.136. The number of ether oxygens (including phenoxy) is 3. The Hall–Kier alpha value is -4.73. The van der Waals surface area contributed by atoms with Crippen molar-refractivity contribution >= 4 is 61.8 Å². The summed E-state index contributed by atoms with van der Waals surface area (Å²) in [7, 11) is -2.42. The number of nitrogens with zero attached hydrogens (tertiary/aromatic N) is 2. The molecule has 1 aliphatic heterocycles. The third kappa shape index (κ3) is 8.49. The van der Waals surface area contributed by atoms with Crippen molar-refractivity contribution in [3.8, 4) is 11.6 Å². The van der Waals surface area contributed by atoms with Gasteiger partial charge in [0, 0.05) is 40.4 Å². The molecule has 2 aromatic carbocycles. The van der Waals surface area contributed by atoms with Crippen LogP contribution in [0.15, 0.2) is 61.3 Å². The number of imide groups is 1. The number of nitrogens with one attached hydrogen (secondary N) is 3. The first-order chi connectivity index (χ1) is 26.4. The van der Waals surface area contributed by atoms with E-state index in [1.54, 1.807) is 67.3 Å². The fourth-order valence-corrected chi connectivity index (χ4v) is 8.77. The Labute approximate surface area is 331 Å². The normalized spacial score (nSPS) is 22.9. The van der Waals surface area contributed by atoms with E-state index in [1.807, 2.05) is 20.8 Å². The van der Waals surface area contributed by atoms with Crippen molar-refractivity contribution in [1.82, 2.24) is 19.9 Å². The lowest BCUT2D eigenvalue weighted by Crippen LogP contribution is -2.59. The second kappa shape index (κ2) is 15.7. The summed E-state index contributed by atoms with van der Waals surface area (Å²) in [6, 6.07) is 9.64. The van der Waals surface area contributed by atoms with Gasteiger partial charge < -0.3 is 19.5 Å². The average molecular weight is 810 g/mol. The minimum absolute atomic E-state index is 0.0174. The standard InChI is InChI=1S/C40H48ClN5O9S/c1-8-24-19-40(24,38(50)45-56(51,52)28-13-14-28)46-21-27(55-36-30-17-25(41)12-15-29(30)32(53-7)20-42-36)18-31(46)34(47)44-35(48)33(39(4,5)6)43-26-11-9-10-23(16-26)37(49)54-22(2)3/h8-12,15-17,20,22,24,27-28,31,33,43H,1,13-14,18-19,21H2,2-7H3,(H,45,50)(H,44,47,48)/t24-,27-,31+,33-,40-/m1/s1. The van der Waals surface area contributed by atoms with Crippen LogP contribution in [0, 0.1) is 11.3 Å². The maximum atomic E-state index is 14.4. The topological polar surface area (TPSA) is 182 Å². The van der Waals surface area contributed by atoms with Gasteiger partial charge in [0.05, 0.1) is 36.3 Å². The molecule has 3 aliphatic rings. The Morgan fingerprint density at radius 1 is 1.09 bits per heavy atom. The Bertz CT molecular complexity index is 2170. The van der Waals surface area contributed by atoms with E-state index in [0.29, 0.717) is 40.1 Å². The van der Waals surface area contributed by atoms with Crippen LogP contribution in [0.3, 0.4) is 0 Å². The Morgan fingerprint density at radius 2 is 1.82 bits per heavy atom. The maximum Gasteiger partial charge on any atom is 0.338 e. The van der Waals surface area contributed by atoms with Gasteiger partial charge in [-0.25, -0.2) is 18.2 Å². The van der Waals surface area contributed by atoms with Crippen LogP contribution in [-0.2, 0) is 29.1 Å². The van der Waals surface area contributed by atoms with E-state index in [9.17, 15) is 27.6 Å². The van der Waals surface area contributed by atoms with Crippen LogP contribution in [0.1, 0.15) is 70.7 Å². The molecule has 5 atom stereocenters. The average Bonchev–Trinajstić information content (AvgIpc) is 4.06. The minimum Gasteiger partial charge on any atom is -0.494 e. The number of sulfonamides is 1. The summed E-state index contributed by atoms with van der Waals surface area (Å²) < 4.78 is 45.5. The number of anilines is 1. The fourth-order valence-electron chi connectivity index (χ4n) is 7.24. The first kappa shape index (κ1) is 40.9. The van der Waals surface area contributed by atoms with Gasteiger partial charge in [0.1, 0.15) is 23.4 Å². The van der Waals surface area contributed by atoms with E-state index in [4.69, 9.17) is 25.8 Å². The van der Waals surface area contributed by atoms with Crippen molar-refractivity contribution in [1.29, 1.82) is 0 Å². The highest BCUT2D eigenvalue weighted by atomic mass is 35.5. The van der Waals surface area contributed by atoms with E-state index in [1.165, 1.54) is 13.3 Å². The molecular weight excluding hydrogens is 762 g/mol. The summed E-state index contributed by atoms with van der Waals surface area (Å²) in [6.07, 6.45) is 3.16. The maximum absolute atomic E-state index is 14.4. The first-order valence-corrected chi connectivity index (χ1v) is 20.5. The molecule has 14 nitrogen and oxygen atoms in total. The second-order valence-corrected chi connectivity index (χ2v) is 18.3. The molecule has 2 heterocycles. The molecule has 56 heavy (non-hydrogen) atoms. The van der Waals surface area contributed by atoms with Gasteiger partial charge in [-0.05, 0) is 74.9 Å². The van der Waals surface area contributed by atoms with Crippen molar-refractivity contribution < 1.29 is 41.8 Å². The molecule has 6 rings (SSSR count). The number of hydrogen-bond acceptors (Lipinski definition) is 12. The van der Waals surface area contributed by atoms with Gasteiger partial charge in [0.15, 0.2) is 0 Å². The highest BCUT2D eigenvalue weighted by Gasteiger charge is 2.67. The zero-order valence-corrected chi connectivity index (χ0v) is 33.8. The predicted octanol–water partition coefficient (Wildman–Crippen LogP) is 5.01. The highest BCUT2D eigenvalue weighted by molar-refractivity contribution is 7.91. The van der Waals surface area contributed by atoms with E-state index < -0.39 is 74.0 Å².